The Morgan fingerprint density at radius 3 is 2.50 bits per heavy atom. The highest BCUT2D eigenvalue weighted by molar-refractivity contribution is 5.68. The Morgan fingerprint density at radius 2 is 2.00 bits per heavy atom. The van der Waals surface area contributed by atoms with Crippen molar-refractivity contribution in [1.29, 1.82) is 0 Å². The van der Waals surface area contributed by atoms with Gasteiger partial charge in [-0.3, -0.25) is 0 Å². The van der Waals surface area contributed by atoms with Gasteiger partial charge in [0.25, 0.3) is 0 Å². The van der Waals surface area contributed by atoms with Gasteiger partial charge in [-0.25, -0.2) is 4.79 Å². The number of rotatable bonds is 7. The summed E-state index contributed by atoms with van der Waals surface area (Å²) >= 11 is 0. The SMILES string of the molecule is CCCCC(CC)NC1CN(C(=O)OC(C)(C)C)C[C@@H]1OC. The number of carbonyl (C=O) groups excluding carboxylic acids is 1. The molecule has 0 aliphatic carbocycles. The van der Waals surface area contributed by atoms with Gasteiger partial charge in [0.2, 0.25) is 0 Å². The minimum Gasteiger partial charge on any atom is -0.444 e. The van der Waals surface area contributed by atoms with Gasteiger partial charge in [-0.2, -0.15) is 0 Å². The normalized spacial score (nSPS) is 23.6. The summed E-state index contributed by atoms with van der Waals surface area (Å²) in [6.07, 6.45) is 4.49. The monoisotopic (exact) mass is 314 g/mol. The summed E-state index contributed by atoms with van der Waals surface area (Å²) in [7, 11) is 1.71. The van der Waals surface area contributed by atoms with Crippen molar-refractivity contribution in [1.82, 2.24) is 10.2 Å². The number of likely N-dealkylation sites (tertiary alicyclic amines) is 1. The zero-order valence-electron chi connectivity index (χ0n) is 15.1. The predicted molar refractivity (Wildman–Crippen MR) is 89.1 cm³/mol. The highest BCUT2D eigenvalue weighted by Crippen LogP contribution is 2.19. The second-order valence-electron chi connectivity index (χ2n) is 7.18. The number of nitrogens with one attached hydrogen (secondary N) is 1. The third-order valence-corrected chi connectivity index (χ3v) is 4.07. The Kier molecular flexibility index (Phi) is 7.63. The maximum atomic E-state index is 12.2. The van der Waals surface area contributed by atoms with Gasteiger partial charge in [-0.1, -0.05) is 26.7 Å². The smallest absolute Gasteiger partial charge is 0.410 e. The van der Waals surface area contributed by atoms with E-state index in [0.717, 1.165) is 6.42 Å². The molecule has 0 bridgehead atoms. The molecule has 0 radical (unpaired) electrons. The maximum absolute atomic E-state index is 12.2. The van der Waals surface area contributed by atoms with Gasteiger partial charge >= 0.3 is 6.09 Å². The molecule has 1 N–H and O–H groups in total. The number of carbonyl (C=O) groups is 1. The van der Waals surface area contributed by atoms with Crippen LogP contribution in [0.15, 0.2) is 0 Å². The summed E-state index contributed by atoms with van der Waals surface area (Å²) in [6.45, 7) is 11.3. The fourth-order valence-corrected chi connectivity index (χ4v) is 2.81. The van der Waals surface area contributed by atoms with E-state index < -0.39 is 5.60 Å². The first kappa shape index (κ1) is 19.2. The molecule has 1 heterocycles. The number of hydrogen-bond acceptors (Lipinski definition) is 4. The molecule has 5 heteroatoms. The van der Waals surface area contributed by atoms with E-state index in [9.17, 15) is 4.79 Å². The topological polar surface area (TPSA) is 50.8 Å². The molecule has 1 saturated heterocycles. The van der Waals surface area contributed by atoms with E-state index in [1.807, 2.05) is 20.8 Å². The van der Waals surface area contributed by atoms with E-state index in [4.69, 9.17) is 9.47 Å². The zero-order valence-corrected chi connectivity index (χ0v) is 15.1. The van der Waals surface area contributed by atoms with Crippen molar-refractivity contribution in [2.45, 2.75) is 84.1 Å². The number of methoxy groups -OCH3 is 1. The van der Waals surface area contributed by atoms with Crippen molar-refractivity contribution in [3.8, 4) is 0 Å². The van der Waals surface area contributed by atoms with Crippen LogP contribution in [0.3, 0.4) is 0 Å². The summed E-state index contributed by atoms with van der Waals surface area (Å²) < 4.78 is 11.0. The van der Waals surface area contributed by atoms with Crippen molar-refractivity contribution in [3.05, 3.63) is 0 Å². The van der Waals surface area contributed by atoms with Crippen LogP contribution >= 0.6 is 0 Å². The Labute approximate surface area is 135 Å². The summed E-state index contributed by atoms with van der Waals surface area (Å²) in [4.78, 5) is 14.0. The van der Waals surface area contributed by atoms with Gasteiger partial charge in [0.05, 0.1) is 18.7 Å². The Balaban J connectivity index is 2.58. The highest BCUT2D eigenvalue weighted by Gasteiger charge is 2.37. The third-order valence-electron chi connectivity index (χ3n) is 4.07. The third kappa shape index (κ3) is 6.13. The van der Waals surface area contributed by atoms with Gasteiger partial charge < -0.3 is 19.7 Å². The summed E-state index contributed by atoms with van der Waals surface area (Å²) in [5.41, 5.74) is -0.460. The van der Waals surface area contributed by atoms with Crippen LogP contribution in [0, 0.1) is 0 Å². The second-order valence-corrected chi connectivity index (χ2v) is 7.18. The van der Waals surface area contributed by atoms with Crippen molar-refractivity contribution in [3.63, 3.8) is 0 Å². The minimum absolute atomic E-state index is 0.0307. The molecule has 0 aromatic carbocycles. The lowest BCUT2D eigenvalue weighted by Crippen LogP contribution is -2.46. The minimum atomic E-state index is -0.460. The molecule has 5 nitrogen and oxygen atoms in total. The molecule has 22 heavy (non-hydrogen) atoms. The van der Waals surface area contributed by atoms with E-state index in [-0.39, 0.29) is 18.2 Å². The molecule has 1 fully saturated rings. The molecule has 130 valence electrons. The van der Waals surface area contributed by atoms with Crippen molar-refractivity contribution in [2.24, 2.45) is 0 Å². The van der Waals surface area contributed by atoms with Crippen LogP contribution in [0.2, 0.25) is 0 Å². The number of unbranched alkanes of at least 4 members (excludes halogenated alkanes) is 1. The van der Waals surface area contributed by atoms with E-state index in [0.29, 0.717) is 19.1 Å². The first-order valence-electron chi connectivity index (χ1n) is 8.57. The molecule has 1 amide bonds. The molecule has 1 rings (SSSR count). The Hall–Kier alpha value is -0.810. The number of amides is 1. The number of hydrogen-bond donors (Lipinski definition) is 1. The van der Waals surface area contributed by atoms with E-state index >= 15 is 0 Å². The lowest BCUT2D eigenvalue weighted by molar-refractivity contribution is 0.0252. The summed E-state index contributed by atoms with van der Waals surface area (Å²) in [5, 5.41) is 3.67. The van der Waals surface area contributed by atoms with E-state index in [2.05, 4.69) is 19.2 Å². The molecule has 3 atom stereocenters. The van der Waals surface area contributed by atoms with Crippen LogP contribution in [0.4, 0.5) is 4.79 Å². The summed E-state index contributed by atoms with van der Waals surface area (Å²) in [5.74, 6) is 0. The molecule has 1 aliphatic rings. The van der Waals surface area contributed by atoms with Crippen LogP contribution in [-0.2, 0) is 9.47 Å². The molecular formula is C17H34N2O3. The predicted octanol–water partition coefficient (Wildman–Crippen LogP) is 3.18. The quantitative estimate of drug-likeness (QED) is 0.784. The Bertz CT molecular complexity index is 341. The maximum Gasteiger partial charge on any atom is 0.410 e. The highest BCUT2D eigenvalue weighted by atomic mass is 16.6. The lowest BCUT2D eigenvalue weighted by atomic mass is 10.1. The van der Waals surface area contributed by atoms with Crippen LogP contribution < -0.4 is 5.32 Å². The first-order valence-corrected chi connectivity index (χ1v) is 8.57. The van der Waals surface area contributed by atoms with E-state index in [1.54, 1.807) is 12.0 Å². The van der Waals surface area contributed by atoms with Crippen LogP contribution in [-0.4, -0.2) is 55.0 Å². The van der Waals surface area contributed by atoms with Gasteiger partial charge in [0, 0.05) is 19.7 Å². The molecule has 0 spiro atoms. The molecule has 0 aromatic rings. The molecular weight excluding hydrogens is 280 g/mol. The van der Waals surface area contributed by atoms with Crippen LogP contribution in [0.25, 0.3) is 0 Å². The van der Waals surface area contributed by atoms with Crippen molar-refractivity contribution < 1.29 is 14.3 Å². The molecule has 1 aliphatic heterocycles. The number of nitrogens with zero attached hydrogens (tertiary/aromatic N) is 1. The molecule has 0 saturated carbocycles. The van der Waals surface area contributed by atoms with Crippen LogP contribution in [0.5, 0.6) is 0 Å². The molecule has 0 aromatic heterocycles. The van der Waals surface area contributed by atoms with E-state index in [1.165, 1.54) is 19.3 Å². The summed E-state index contributed by atoms with van der Waals surface area (Å²) in [6, 6.07) is 0.667. The fourth-order valence-electron chi connectivity index (χ4n) is 2.81. The van der Waals surface area contributed by atoms with Crippen molar-refractivity contribution in [2.75, 3.05) is 20.2 Å². The average Bonchev–Trinajstić information content (AvgIpc) is 2.84. The Morgan fingerprint density at radius 1 is 1.32 bits per heavy atom. The van der Waals surface area contributed by atoms with Gasteiger partial charge in [-0.05, 0) is 33.6 Å². The van der Waals surface area contributed by atoms with Gasteiger partial charge in [0.1, 0.15) is 5.60 Å². The second kappa shape index (κ2) is 8.73. The first-order chi connectivity index (χ1) is 10.3. The fraction of sp³-hybridized carbons (Fsp3) is 0.941. The lowest BCUT2D eigenvalue weighted by Gasteiger charge is -2.25. The molecule has 2 unspecified atom stereocenters. The average molecular weight is 314 g/mol. The van der Waals surface area contributed by atoms with Crippen LogP contribution in [0.1, 0.15) is 60.3 Å². The largest absolute Gasteiger partial charge is 0.444 e. The van der Waals surface area contributed by atoms with Gasteiger partial charge in [-0.15, -0.1) is 0 Å². The van der Waals surface area contributed by atoms with Gasteiger partial charge in [0.15, 0.2) is 0 Å². The zero-order chi connectivity index (χ0) is 16.8. The standard InChI is InChI=1S/C17H34N2O3/c1-7-9-10-13(8-2)18-14-11-19(12-15(14)21-6)16(20)22-17(3,4)5/h13-15,18H,7-12H2,1-6H3/t13?,14?,15-/m0/s1. The van der Waals surface area contributed by atoms with Crippen molar-refractivity contribution >= 4 is 6.09 Å². The number of ether oxygens (including phenoxy) is 2.